The number of rotatable bonds is 3. The predicted molar refractivity (Wildman–Crippen MR) is 33.3 cm³/mol. The van der Waals surface area contributed by atoms with Crippen LogP contribution in [0.3, 0.4) is 0 Å². The third kappa shape index (κ3) is 2.01. The van der Waals surface area contributed by atoms with Gasteiger partial charge in [0.25, 0.3) is 0 Å². The lowest BCUT2D eigenvalue weighted by atomic mass is 10.3. The highest BCUT2D eigenvalue weighted by molar-refractivity contribution is 6.17. The quantitative estimate of drug-likeness (QED) is 0.603. The molecule has 0 fully saturated rings. The smallest absolute Gasteiger partial charge is 0.226 e. The lowest BCUT2D eigenvalue weighted by Gasteiger charge is -1.85. The van der Waals surface area contributed by atoms with E-state index in [-0.39, 0.29) is 0 Å². The van der Waals surface area contributed by atoms with Crippen molar-refractivity contribution in [1.82, 2.24) is 10.1 Å². The Balaban J connectivity index is 2.30. The fourth-order valence-electron chi connectivity index (χ4n) is 0.524. The Morgan fingerprint density at radius 1 is 1.67 bits per heavy atom. The Kier molecular flexibility index (Phi) is 2.51. The van der Waals surface area contributed by atoms with E-state index in [0.717, 1.165) is 12.8 Å². The van der Waals surface area contributed by atoms with Crippen LogP contribution in [0.15, 0.2) is 10.9 Å². The molecule has 0 spiro atoms. The zero-order chi connectivity index (χ0) is 6.53. The van der Waals surface area contributed by atoms with Gasteiger partial charge in [-0.3, -0.25) is 0 Å². The topological polar surface area (TPSA) is 38.9 Å². The summed E-state index contributed by atoms with van der Waals surface area (Å²) in [5, 5.41) is 3.45. The van der Waals surface area contributed by atoms with E-state index in [1.165, 1.54) is 6.33 Å². The number of aromatic nitrogens is 2. The average molecular weight is 147 g/mol. The van der Waals surface area contributed by atoms with Gasteiger partial charge in [-0.15, -0.1) is 11.6 Å². The molecular weight excluding hydrogens is 140 g/mol. The Morgan fingerprint density at radius 2 is 2.56 bits per heavy atom. The Morgan fingerprint density at radius 3 is 3.11 bits per heavy atom. The van der Waals surface area contributed by atoms with Gasteiger partial charge in [-0.1, -0.05) is 5.16 Å². The summed E-state index contributed by atoms with van der Waals surface area (Å²) < 4.78 is 4.72. The molecule has 0 bridgehead atoms. The molecule has 0 saturated heterocycles. The van der Waals surface area contributed by atoms with Gasteiger partial charge in [-0.2, -0.15) is 4.98 Å². The fourth-order valence-corrected chi connectivity index (χ4v) is 0.658. The van der Waals surface area contributed by atoms with Crippen molar-refractivity contribution in [3.8, 4) is 0 Å². The van der Waals surface area contributed by atoms with Crippen LogP contribution in [0, 0.1) is 0 Å². The van der Waals surface area contributed by atoms with E-state index in [4.69, 9.17) is 16.1 Å². The molecule has 3 nitrogen and oxygen atoms in total. The van der Waals surface area contributed by atoms with Crippen LogP contribution >= 0.6 is 11.6 Å². The third-order valence-corrected chi connectivity index (χ3v) is 1.20. The summed E-state index contributed by atoms with van der Waals surface area (Å²) in [7, 11) is 0. The van der Waals surface area contributed by atoms with Crippen LogP contribution in [0.5, 0.6) is 0 Å². The SMILES string of the molecule is ClCCCc1ncno1. The van der Waals surface area contributed by atoms with Gasteiger partial charge in [-0.05, 0) is 6.42 Å². The van der Waals surface area contributed by atoms with E-state index in [0.29, 0.717) is 11.8 Å². The summed E-state index contributed by atoms with van der Waals surface area (Å²) in [5.74, 6) is 1.30. The largest absolute Gasteiger partial charge is 0.340 e. The standard InChI is InChI=1S/C5H7ClN2O/c6-3-1-2-5-7-4-8-9-5/h4H,1-3H2. The summed E-state index contributed by atoms with van der Waals surface area (Å²) in [6.07, 6.45) is 3.07. The van der Waals surface area contributed by atoms with Crippen LogP contribution in [0.1, 0.15) is 12.3 Å². The first-order valence-electron chi connectivity index (χ1n) is 2.75. The zero-order valence-corrected chi connectivity index (χ0v) is 5.64. The van der Waals surface area contributed by atoms with Crippen LogP contribution < -0.4 is 0 Å². The molecule has 9 heavy (non-hydrogen) atoms. The minimum absolute atomic E-state index is 0.641. The normalized spacial score (nSPS) is 9.89. The monoisotopic (exact) mass is 146 g/mol. The van der Waals surface area contributed by atoms with Crippen molar-refractivity contribution < 1.29 is 4.52 Å². The molecule has 0 aliphatic rings. The minimum Gasteiger partial charge on any atom is -0.340 e. The highest BCUT2D eigenvalue weighted by Gasteiger charge is 1.95. The second kappa shape index (κ2) is 3.45. The van der Waals surface area contributed by atoms with E-state index in [1.54, 1.807) is 0 Å². The van der Waals surface area contributed by atoms with Gasteiger partial charge >= 0.3 is 0 Å². The first kappa shape index (κ1) is 6.55. The maximum atomic E-state index is 5.43. The molecule has 0 aliphatic carbocycles. The van der Waals surface area contributed by atoms with Crippen molar-refractivity contribution in [1.29, 1.82) is 0 Å². The molecule has 0 atom stereocenters. The summed E-state index contributed by atoms with van der Waals surface area (Å²) in [4.78, 5) is 3.82. The summed E-state index contributed by atoms with van der Waals surface area (Å²) in [5.41, 5.74) is 0. The van der Waals surface area contributed by atoms with Crippen molar-refractivity contribution in [2.24, 2.45) is 0 Å². The van der Waals surface area contributed by atoms with E-state index in [2.05, 4.69) is 10.1 Å². The molecule has 1 rings (SSSR count). The van der Waals surface area contributed by atoms with Gasteiger partial charge in [0.1, 0.15) is 0 Å². The van der Waals surface area contributed by atoms with Gasteiger partial charge in [0.15, 0.2) is 6.33 Å². The molecule has 50 valence electrons. The number of nitrogens with zero attached hydrogens (tertiary/aromatic N) is 2. The van der Waals surface area contributed by atoms with Gasteiger partial charge in [-0.25, -0.2) is 0 Å². The Labute approximate surface area is 58.0 Å². The van der Waals surface area contributed by atoms with Crippen molar-refractivity contribution in [3.05, 3.63) is 12.2 Å². The van der Waals surface area contributed by atoms with Crippen LogP contribution in [0.4, 0.5) is 0 Å². The molecule has 4 heteroatoms. The molecule has 0 amide bonds. The molecular formula is C5H7ClN2O. The summed E-state index contributed by atoms with van der Waals surface area (Å²) in [6.45, 7) is 0. The first-order valence-corrected chi connectivity index (χ1v) is 3.28. The Hall–Kier alpha value is -0.570. The minimum atomic E-state index is 0.641. The maximum Gasteiger partial charge on any atom is 0.226 e. The third-order valence-electron chi connectivity index (χ3n) is 0.931. The van der Waals surface area contributed by atoms with Crippen LogP contribution in [0.2, 0.25) is 0 Å². The molecule has 0 unspecified atom stereocenters. The highest BCUT2D eigenvalue weighted by Crippen LogP contribution is 1.96. The molecule has 0 N–H and O–H groups in total. The summed E-state index contributed by atoms with van der Waals surface area (Å²) >= 11 is 5.43. The van der Waals surface area contributed by atoms with E-state index >= 15 is 0 Å². The Bertz CT molecular complexity index is 152. The van der Waals surface area contributed by atoms with E-state index in [9.17, 15) is 0 Å². The summed E-state index contributed by atoms with van der Waals surface area (Å²) in [6, 6.07) is 0. The van der Waals surface area contributed by atoms with Crippen molar-refractivity contribution in [2.75, 3.05) is 5.88 Å². The van der Waals surface area contributed by atoms with Crippen LogP contribution in [0.25, 0.3) is 0 Å². The fraction of sp³-hybridized carbons (Fsp3) is 0.600. The lowest BCUT2D eigenvalue weighted by Crippen LogP contribution is -1.84. The van der Waals surface area contributed by atoms with Crippen LogP contribution in [-0.2, 0) is 6.42 Å². The zero-order valence-electron chi connectivity index (χ0n) is 4.88. The number of halogens is 1. The maximum absolute atomic E-state index is 5.43. The molecule has 0 aromatic carbocycles. The van der Waals surface area contributed by atoms with E-state index in [1.807, 2.05) is 0 Å². The number of hydrogen-bond donors (Lipinski definition) is 0. The van der Waals surface area contributed by atoms with Crippen LogP contribution in [-0.4, -0.2) is 16.0 Å². The molecule has 0 saturated carbocycles. The van der Waals surface area contributed by atoms with Gasteiger partial charge in [0.05, 0.1) is 0 Å². The number of alkyl halides is 1. The van der Waals surface area contributed by atoms with E-state index < -0.39 is 0 Å². The second-order valence-corrected chi connectivity index (χ2v) is 2.01. The lowest BCUT2D eigenvalue weighted by molar-refractivity contribution is 0.376. The molecule has 0 radical (unpaired) electrons. The van der Waals surface area contributed by atoms with Gasteiger partial charge in [0.2, 0.25) is 5.89 Å². The molecule has 1 aromatic heterocycles. The molecule has 1 aromatic rings. The molecule has 0 aliphatic heterocycles. The predicted octanol–water partition coefficient (Wildman–Crippen LogP) is 1.24. The first-order chi connectivity index (χ1) is 4.43. The van der Waals surface area contributed by atoms with Crippen molar-refractivity contribution in [3.63, 3.8) is 0 Å². The van der Waals surface area contributed by atoms with Gasteiger partial charge in [0, 0.05) is 12.3 Å². The van der Waals surface area contributed by atoms with Crippen molar-refractivity contribution in [2.45, 2.75) is 12.8 Å². The second-order valence-electron chi connectivity index (χ2n) is 1.63. The highest BCUT2D eigenvalue weighted by atomic mass is 35.5. The van der Waals surface area contributed by atoms with Gasteiger partial charge < -0.3 is 4.52 Å². The number of hydrogen-bond acceptors (Lipinski definition) is 3. The molecule has 1 heterocycles. The average Bonchev–Trinajstić information content (AvgIpc) is 2.34. The van der Waals surface area contributed by atoms with Crippen molar-refractivity contribution >= 4 is 11.6 Å². The number of aryl methyl sites for hydroxylation is 1.